The van der Waals surface area contributed by atoms with Crippen LogP contribution >= 0.6 is 11.8 Å². The molecular formula is C31H32F3NO2S. The summed E-state index contributed by atoms with van der Waals surface area (Å²) in [5.41, 5.74) is 6.49. The highest BCUT2D eigenvalue weighted by atomic mass is 32.2. The van der Waals surface area contributed by atoms with Crippen molar-refractivity contribution >= 4 is 22.9 Å². The minimum absolute atomic E-state index is 0.0986. The van der Waals surface area contributed by atoms with Gasteiger partial charge in [-0.25, -0.2) is 0 Å². The lowest BCUT2D eigenvalue weighted by molar-refractivity contribution is 0.198. The van der Waals surface area contributed by atoms with Crippen LogP contribution in [0.2, 0.25) is 0 Å². The molecule has 1 unspecified atom stereocenters. The number of alkyl halides is 3. The molecule has 1 heterocycles. The average molecular weight is 540 g/mol. The van der Waals surface area contributed by atoms with Gasteiger partial charge in [0.2, 0.25) is 0 Å². The van der Waals surface area contributed by atoms with Crippen LogP contribution in [0.5, 0.6) is 11.5 Å². The van der Waals surface area contributed by atoms with Crippen LogP contribution in [-0.4, -0.2) is 48.2 Å². The normalized spacial score (nSPS) is 18.1. The molecule has 1 fully saturated rings. The Bertz CT molecular complexity index is 1260. The first-order chi connectivity index (χ1) is 18.5. The summed E-state index contributed by atoms with van der Waals surface area (Å²) in [5, 5.41) is 10.1. The molecule has 2 aliphatic rings. The Kier molecular flexibility index (Phi) is 8.65. The fourth-order valence-electron chi connectivity index (χ4n) is 5.50. The van der Waals surface area contributed by atoms with Crippen molar-refractivity contribution in [1.29, 1.82) is 0 Å². The number of phenolic OH excluding ortho intramolecular Hbond substituents is 1. The number of ether oxygens (including phenoxy) is 1. The second-order valence-electron chi connectivity index (χ2n) is 9.85. The Morgan fingerprint density at radius 3 is 2.47 bits per heavy atom. The minimum Gasteiger partial charge on any atom is -0.508 e. The van der Waals surface area contributed by atoms with Crippen molar-refractivity contribution in [3.05, 3.63) is 89.0 Å². The van der Waals surface area contributed by atoms with Gasteiger partial charge in [0.25, 0.3) is 5.76 Å². The summed E-state index contributed by atoms with van der Waals surface area (Å²) < 4.78 is 44.5. The molecule has 3 aromatic rings. The predicted molar refractivity (Wildman–Crippen MR) is 148 cm³/mol. The van der Waals surface area contributed by atoms with Crippen LogP contribution in [0.15, 0.2) is 71.6 Å². The van der Waals surface area contributed by atoms with Crippen LogP contribution in [0.4, 0.5) is 13.2 Å². The molecule has 0 radical (unpaired) electrons. The summed E-state index contributed by atoms with van der Waals surface area (Å²) in [6, 6.07) is 21.0. The van der Waals surface area contributed by atoms with Gasteiger partial charge < -0.3 is 9.84 Å². The second kappa shape index (κ2) is 12.3. The predicted octanol–water partition coefficient (Wildman–Crippen LogP) is 7.82. The van der Waals surface area contributed by atoms with E-state index in [4.69, 9.17) is 4.74 Å². The molecule has 1 aliphatic heterocycles. The second-order valence-corrected chi connectivity index (χ2v) is 10.9. The minimum atomic E-state index is -2.45. The third-order valence-corrected chi connectivity index (χ3v) is 7.97. The van der Waals surface area contributed by atoms with Crippen molar-refractivity contribution in [2.45, 2.75) is 48.9 Å². The van der Waals surface area contributed by atoms with E-state index in [1.54, 1.807) is 18.2 Å². The third kappa shape index (κ3) is 6.38. The lowest BCUT2D eigenvalue weighted by atomic mass is 9.88. The molecule has 7 heteroatoms. The maximum atomic E-state index is 12.8. The SMILES string of the molecule is Oc1ccc2c(c1)CCCC(c1ccc(SC(F)F)cc1)=C2c1ccc(OC2CCN(CCCF)C2)cc1. The van der Waals surface area contributed by atoms with E-state index in [1.165, 1.54) is 0 Å². The summed E-state index contributed by atoms with van der Waals surface area (Å²) in [7, 11) is 0. The fourth-order valence-corrected chi connectivity index (χ4v) is 6.00. The molecule has 200 valence electrons. The Morgan fingerprint density at radius 1 is 0.974 bits per heavy atom. The van der Waals surface area contributed by atoms with Gasteiger partial charge in [-0.2, -0.15) is 8.78 Å². The summed E-state index contributed by atoms with van der Waals surface area (Å²) in [4.78, 5) is 2.79. The zero-order chi connectivity index (χ0) is 26.5. The molecule has 0 spiro atoms. The van der Waals surface area contributed by atoms with Gasteiger partial charge in [0.15, 0.2) is 0 Å². The standard InChI is InChI=1S/C31H32F3NO2S/c32-16-2-17-35-18-15-26(20-35)37-25-10-5-22(6-11-25)30-28(21-7-12-27(13-8-21)38-31(33)34)4-1-3-23-19-24(36)9-14-29(23)30/h5-14,19,26,31,36H,1-4,15-18,20H2. The first-order valence-corrected chi connectivity index (χ1v) is 14.0. The van der Waals surface area contributed by atoms with Crippen LogP contribution in [0.3, 0.4) is 0 Å². The summed E-state index contributed by atoms with van der Waals surface area (Å²) >= 11 is 0.553. The van der Waals surface area contributed by atoms with E-state index < -0.39 is 5.76 Å². The molecule has 0 saturated carbocycles. The highest BCUT2D eigenvalue weighted by Gasteiger charge is 2.24. The van der Waals surface area contributed by atoms with E-state index in [0.29, 0.717) is 23.1 Å². The smallest absolute Gasteiger partial charge is 0.288 e. The van der Waals surface area contributed by atoms with Gasteiger partial charge in [-0.15, -0.1) is 0 Å². The lowest BCUT2D eigenvalue weighted by Crippen LogP contribution is -2.26. The number of hydrogen-bond donors (Lipinski definition) is 1. The molecule has 3 nitrogen and oxygen atoms in total. The Morgan fingerprint density at radius 2 is 1.74 bits per heavy atom. The Balaban J connectivity index is 1.45. The van der Waals surface area contributed by atoms with E-state index in [-0.39, 0.29) is 18.5 Å². The molecule has 1 atom stereocenters. The number of phenols is 1. The van der Waals surface area contributed by atoms with E-state index in [2.05, 4.69) is 17.0 Å². The van der Waals surface area contributed by atoms with Crippen molar-refractivity contribution in [1.82, 2.24) is 4.90 Å². The van der Waals surface area contributed by atoms with Gasteiger partial charge in [0.05, 0.1) is 6.67 Å². The number of nitrogens with zero attached hydrogens (tertiary/aromatic N) is 1. The largest absolute Gasteiger partial charge is 0.508 e. The van der Waals surface area contributed by atoms with Crippen LogP contribution in [0.1, 0.15) is 47.9 Å². The first kappa shape index (κ1) is 26.7. The maximum Gasteiger partial charge on any atom is 0.288 e. The first-order valence-electron chi connectivity index (χ1n) is 13.2. The van der Waals surface area contributed by atoms with E-state index in [0.717, 1.165) is 84.5 Å². The zero-order valence-corrected chi connectivity index (χ0v) is 22.0. The number of fused-ring (bicyclic) bond motifs is 1. The summed E-state index contributed by atoms with van der Waals surface area (Å²) in [6.07, 6.45) is 4.19. The molecule has 0 aromatic heterocycles. The van der Waals surface area contributed by atoms with Gasteiger partial charge >= 0.3 is 0 Å². The number of rotatable bonds is 9. The maximum absolute atomic E-state index is 12.8. The fraction of sp³-hybridized carbons (Fsp3) is 0.355. The van der Waals surface area contributed by atoms with E-state index >= 15 is 0 Å². The summed E-state index contributed by atoms with van der Waals surface area (Å²) in [5.74, 6) is -1.39. The number of hydrogen-bond acceptors (Lipinski definition) is 4. The van der Waals surface area contributed by atoms with Gasteiger partial charge in [-0.05, 0) is 102 Å². The van der Waals surface area contributed by atoms with Crippen molar-refractivity contribution in [3.8, 4) is 11.5 Å². The average Bonchev–Trinajstić information content (AvgIpc) is 3.27. The summed E-state index contributed by atoms with van der Waals surface area (Å²) in [6.45, 7) is 2.22. The van der Waals surface area contributed by atoms with Gasteiger partial charge in [0, 0.05) is 24.5 Å². The van der Waals surface area contributed by atoms with E-state index in [9.17, 15) is 18.3 Å². The van der Waals surface area contributed by atoms with Crippen molar-refractivity contribution in [3.63, 3.8) is 0 Å². The molecule has 0 amide bonds. The Hall–Kier alpha value is -2.90. The molecule has 1 saturated heterocycles. The number of aryl methyl sites for hydroxylation is 1. The molecule has 5 rings (SSSR count). The van der Waals surface area contributed by atoms with Gasteiger partial charge in [-0.1, -0.05) is 42.1 Å². The highest BCUT2D eigenvalue weighted by molar-refractivity contribution is 7.99. The number of halogens is 3. The number of benzene rings is 3. The van der Waals surface area contributed by atoms with Crippen molar-refractivity contribution in [2.24, 2.45) is 0 Å². The molecule has 3 aromatic carbocycles. The molecule has 38 heavy (non-hydrogen) atoms. The lowest BCUT2D eigenvalue weighted by Gasteiger charge is -2.19. The van der Waals surface area contributed by atoms with Crippen LogP contribution < -0.4 is 4.74 Å². The van der Waals surface area contributed by atoms with Crippen LogP contribution in [-0.2, 0) is 6.42 Å². The number of thioether (sulfide) groups is 1. The van der Waals surface area contributed by atoms with E-state index in [1.807, 2.05) is 36.4 Å². The van der Waals surface area contributed by atoms with Crippen molar-refractivity contribution < 1.29 is 23.0 Å². The number of aromatic hydroxyl groups is 1. The monoisotopic (exact) mass is 539 g/mol. The molecule has 1 aliphatic carbocycles. The van der Waals surface area contributed by atoms with Crippen LogP contribution in [0.25, 0.3) is 11.1 Å². The molecule has 1 N–H and O–H groups in total. The molecular weight excluding hydrogens is 507 g/mol. The number of allylic oxidation sites excluding steroid dienone is 1. The topological polar surface area (TPSA) is 32.7 Å². The quantitative estimate of drug-likeness (QED) is 0.281. The highest BCUT2D eigenvalue weighted by Crippen LogP contribution is 2.41. The van der Waals surface area contributed by atoms with Crippen LogP contribution in [0, 0.1) is 0 Å². The third-order valence-electron chi connectivity index (χ3n) is 7.24. The van der Waals surface area contributed by atoms with Gasteiger partial charge in [0.1, 0.15) is 17.6 Å². The molecule has 0 bridgehead atoms. The zero-order valence-electron chi connectivity index (χ0n) is 21.2. The Labute approximate surface area is 226 Å². The van der Waals surface area contributed by atoms with Gasteiger partial charge in [-0.3, -0.25) is 9.29 Å². The van der Waals surface area contributed by atoms with Crippen molar-refractivity contribution in [2.75, 3.05) is 26.3 Å². The number of likely N-dealkylation sites (tertiary alicyclic amines) is 1.